The molecule has 0 aromatic heterocycles. The van der Waals surface area contributed by atoms with Crippen molar-refractivity contribution in [3.63, 3.8) is 0 Å². The number of allylic oxidation sites excluding steroid dienone is 1. The zero-order chi connectivity index (χ0) is 31.5. The third-order valence-electron chi connectivity index (χ3n) is 9.19. The van der Waals surface area contributed by atoms with Gasteiger partial charge in [0.2, 0.25) is 5.91 Å². The number of nitrogens with zero attached hydrogens (tertiary/aromatic N) is 2. The first-order chi connectivity index (χ1) is 21.0. The van der Waals surface area contributed by atoms with Crippen LogP contribution in [0.5, 0.6) is 5.75 Å². The van der Waals surface area contributed by atoms with Crippen molar-refractivity contribution < 1.29 is 23.6 Å². The predicted octanol–water partition coefficient (Wildman–Crippen LogP) is 6.24. The summed E-state index contributed by atoms with van der Waals surface area (Å²) < 4.78 is 26.8. The van der Waals surface area contributed by atoms with E-state index in [4.69, 9.17) is 16.3 Å². The number of hydrogen-bond donors (Lipinski definition) is 2. The highest BCUT2D eigenvalue weighted by atomic mass is 35.5. The molecule has 2 aromatic rings. The van der Waals surface area contributed by atoms with Gasteiger partial charge in [0.15, 0.2) is 0 Å². The van der Waals surface area contributed by atoms with Crippen molar-refractivity contribution in [3.05, 3.63) is 70.3 Å². The Hall–Kier alpha value is -2.88. The monoisotopic (exact) mass is 641 g/mol. The summed E-state index contributed by atoms with van der Waals surface area (Å²) in [6.07, 6.45) is 8.13. The van der Waals surface area contributed by atoms with Gasteiger partial charge in [-0.2, -0.15) is 0 Å². The van der Waals surface area contributed by atoms with Gasteiger partial charge in [-0.25, -0.2) is 4.21 Å². The van der Waals surface area contributed by atoms with Crippen LogP contribution in [-0.2, 0) is 26.5 Å². The van der Waals surface area contributed by atoms with Crippen molar-refractivity contribution in [2.24, 2.45) is 16.2 Å². The summed E-state index contributed by atoms with van der Waals surface area (Å²) in [5, 5.41) is 11.8. The van der Waals surface area contributed by atoms with E-state index in [-0.39, 0.29) is 35.0 Å². The zero-order valence-corrected chi connectivity index (χ0v) is 27.5. The van der Waals surface area contributed by atoms with Gasteiger partial charge < -0.3 is 14.7 Å². The van der Waals surface area contributed by atoms with Crippen molar-refractivity contribution in [2.75, 3.05) is 30.3 Å². The molecular formula is C34H44ClN3O5S. The largest absolute Gasteiger partial charge is 0.490 e. The van der Waals surface area contributed by atoms with Crippen LogP contribution in [0.4, 0.5) is 5.69 Å². The first-order valence-electron chi connectivity index (χ1n) is 15.8. The number of hydrogen-bond acceptors (Lipinski definition) is 6. The number of nitrogens with one attached hydrogen (secondary N) is 1. The fraction of sp³-hybridized carbons (Fsp3) is 0.529. The molecule has 8 nitrogen and oxygen atoms in total. The standard InChI is InChI=1S/C34H44ClN3O5S/c1-4-9-23-18-26(35)13-15-28(23)34(3)21-38-20-25-11-14-27(25)30(39)10-7-6-8-17-44(42,36-32(40)5-2)37-33(41)24-12-16-31(43-22-34)29(38)19-24/h7,10,12-13,15-16,18-19,25,27,30,39H,4-6,8-9,11,14,17,20-22H2,1-3H3,(H,36,37,40,41,42)/b10-7+/t25-,27+,30-,34-,44?/m0/s1. The van der Waals surface area contributed by atoms with Gasteiger partial charge in [-0.05, 0) is 85.4 Å². The number of amides is 2. The number of anilines is 1. The highest BCUT2D eigenvalue weighted by Gasteiger charge is 2.41. The molecule has 2 aliphatic heterocycles. The number of aliphatic hydroxyl groups is 1. The van der Waals surface area contributed by atoms with Crippen molar-refractivity contribution in [3.8, 4) is 5.75 Å². The number of carbonyl (C=O) groups excluding carboxylic acids is 2. The number of aryl methyl sites for hydroxylation is 1. The van der Waals surface area contributed by atoms with E-state index in [9.17, 15) is 18.9 Å². The molecule has 5 atom stereocenters. The molecule has 0 radical (unpaired) electrons. The number of ether oxygens (including phenoxy) is 1. The maximum atomic E-state index is 13.7. The Morgan fingerprint density at radius 2 is 2.05 bits per heavy atom. The Morgan fingerprint density at radius 3 is 2.77 bits per heavy atom. The first-order valence-corrected chi connectivity index (χ1v) is 17.9. The van der Waals surface area contributed by atoms with Crippen LogP contribution in [0.1, 0.15) is 80.8 Å². The van der Waals surface area contributed by atoms with Gasteiger partial charge >= 0.3 is 0 Å². The number of carbonyl (C=O) groups is 2. The number of halogens is 1. The topological polar surface area (TPSA) is 108 Å². The average Bonchev–Trinajstić information content (AvgIpc) is 3.11. The fourth-order valence-electron chi connectivity index (χ4n) is 6.65. The lowest BCUT2D eigenvalue weighted by molar-refractivity contribution is -0.118. The van der Waals surface area contributed by atoms with Crippen molar-refractivity contribution >= 4 is 39.0 Å². The minimum absolute atomic E-state index is 0.0384. The smallest absolute Gasteiger partial charge is 0.286 e. The van der Waals surface area contributed by atoms with Crippen LogP contribution < -0.4 is 14.4 Å². The third-order valence-corrected chi connectivity index (χ3v) is 11.3. The van der Waals surface area contributed by atoms with E-state index < -0.39 is 27.8 Å². The molecule has 1 unspecified atom stereocenters. The quantitative estimate of drug-likeness (QED) is 0.375. The molecule has 10 heteroatoms. The van der Waals surface area contributed by atoms with Crippen LogP contribution in [0.2, 0.25) is 5.02 Å². The normalized spacial score (nSPS) is 29.7. The lowest BCUT2D eigenvalue weighted by Crippen LogP contribution is -2.47. The second-order valence-corrected chi connectivity index (χ2v) is 15.2. The highest BCUT2D eigenvalue weighted by molar-refractivity contribution is 7.92. The van der Waals surface area contributed by atoms with Crippen LogP contribution in [0.15, 0.2) is 52.9 Å². The number of rotatable bonds is 5. The molecule has 2 bridgehead atoms. The van der Waals surface area contributed by atoms with E-state index in [1.54, 1.807) is 25.1 Å². The predicted molar refractivity (Wildman–Crippen MR) is 176 cm³/mol. The van der Waals surface area contributed by atoms with Gasteiger partial charge in [0, 0.05) is 35.5 Å². The van der Waals surface area contributed by atoms with E-state index in [1.165, 1.54) is 11.1 Å². The van der Waals surface area contributed by atoms with E-state index in [0.717, 1.165) is 31.4 Å². The molecule has 2 aromatic carbocycles. The maximum Gasteiger partial charge on any atom is 0.286 e. The minimum Gasteiger partial charge on any atom is -0.490 e. The van der Waals surface area contributed by atoms with Crippen LogP contribution >= 0.6 is 11.6 Å². The van der Waals surface area contributed by atoms with Gasteiger partial charge in [-0.1, -0.05) is 57.0 Å². The van der Waals surface area contributed by atoms with E-state index in [0.29, 0.717) is 43.3 Å². The summed E-state index contributed by atoms with van der Waals surface area (Å²) >= 11 is 6.43. The van der Waals surface area contributed by atoms with Crippen LogP contribution in [0.3, 0.4) is 0 Å². The second-order valence-electron chi connectivity index (χ2n) is 12.6. The van der Waals surface area contributed by atoms with Crippen molar-refractivity contribution in [2.45, 2.75) is 77.2 Å². The molecule has 1 fully saturated rings. The third kappa shape index (κ3) is 7.16. The SMILES string of the molecule is CCCc1cc(Cl)ccc1[C@]1(C)COc2ccc3cc2N(C[C@@H]2CC[C@H]2[C@@H](O)/C=C/CCCS(=O)(NC(=O)CC)=NC3=O)C1. The van der Waals surface area contributed by atoms with Crippen LogP contribution in [0.25, 0.3) is 0 Å². The highest BCUT2D eigenvalue weighted by Crippen LogP contribution is 2.44. The van der Waals surface area contributed by atoms with E-state index in [1.807, 2.05) is 18.2 Å². The zero-order valence-electron chi connectivity index (χ0n) is 25.9. The summed E-state index contributed by atoms with van der Waals surface area (Å²) in [5.74, 6) is 0.0319. The Morgan fingerprint density at radius 1 is 1.23 bits per heavy atom. The lowest BCUT2D eigenvalue weighted by Gasteiger charge is -2.44. The van der Waals surface area contributed by atoms with Gasteiger partial charge in [0.1, 0.15) is 15.7 Å². The molecule has 5 rings (SSSR count). The Kier molecular flexibility index (Phi) is 10.1. The number of aliphatic hydroxyl groups excluding tert-OH is 1. The molecule has 1 saturated carbocycles. The summed E-state index contributed by atoms with van der Waals surface area (Å²) in [6, 6.07) is 11.3. The molecule has 3 aliphatic rings. The molecule has 44 heavy (non-hydrogen) atoms. The Bertz CT molecular complexity index is 1550. The van der Waals surface area contributed by atoms with Crippen molar-refractivity contribution in [1.29, 1.82) is 0 Å². The van der Waals surface area contributed by atoms with Gasteiger partial charge in [-0.3, -0.25) is 14.3 Å². The average molecular weight is 642 g/mol. The minimum atomic E-state index is -3.33. The first kappa shape index (κ1) is 32.5. The Labute approximate surface area is 266 Å². The van der Waals surface area contributed by atoms with Gasteiger partial charge in [0.25, 0.3) is 5.91 Å². The van der Waals surface area contributed by atoms with Gasteiger partial charge in [0.05, 0.1) is 24.2 Å². The fourth-order valence-corrected chi connectivity index (χ4v) is 8.51. The Balaban J connectivity index is 1.59. The van der Waals surface area contributed by atoms with Crippen LogP contribution in [0, 0.1) is 11.8 Å². The molecule has 0 spiro atoms. The molecular weight excluding hydrogens is 598 g/mol. The molecule has 2 heterocycles. The van der Waals surface area contributed by atoms with Crippen LogP contribution in [-0.4, -0.2) is 52.7 Å². The summed E-state index contributed by atoms with van der Waals surface area (Å²) in [4.78, 5) is 28.0. The summed E-state index contributed by atoms with van der Waals surface area (Å²) in [7, 11) is -3.33. The maximum absolute atomic E-state index is 13.7. The molecule has 1 aliphatic carbocycles. The lowest BCUT2D eigenvalue weighted by atomic mass is 9.70. The molecule has 0 saturated heterocycles. The number of benzene rings is 2. The van der Waals surface area contributed by atoms with Crippen molar-refractivity contribution in [1.82, 2.24) is 4.72 Å². The van der Waals surface area contributed by atoms with E-state index in [2.05, 4.69) is 40.0 Å². The van der Waals surface area contributed by atoms with E-state index >= 15 is 0 Å². The second kappa shape index (κ2) is 13.6. The summed E-state index contributed by atoms with van der Waals surface area (Å²) in [6.45, 7) is 7.79. The molecule has 2 amide bonds. The van der Waals surface area contributed by atoms with Gasteiger partial charge in [-0.15, -0.1) is 4.36 Å². The molecule has 2 N–H and O–H groups in total. The molecule has 238 valence electrons. The number of fused-ring (bicyclic) bond motifs is 2. The summed E-state index contributed by atoms with van der Waals surface area (Å²) in [5.41, 5.74) is 3.06.